The molecule has 0 aliphatic carbocycles. The van der Waals surface area contributed by atoms with E-state index in [9.17, 15) is 9.59 Å². The van der Waals surface area contributed by atoms with Gasteiger partial charge in [-0.15, -0.1) is 0 Å². The molecular weight excluding hydrogens is 278 g/mol. The molecule has 0 aliphatic heterocycles. The van der Waals surface area contributed by atoms with E-state index in [4.69, 9.17) is 4.74 Å². The van der Waals surface area contributed by atoms with Crippen molar-refractivity contribution in [1.29, 1.82) is 0 Å². The summed E-state index contributed by atoms with van der Waals surface area (Å²) in [5.41, 5.74) is 1.77. The Morgan fingerprint density at radius 3 is 2.05 bits per heavy atom. The first-order valence-corrected chi connectivity index (χ1v) is 6.88. The zero-order valence-corrected chi connectivity index (χ0v) is 12.2. The maximum Gasteiger partial charge on any atom is 0.434 e. The van der Waals surface area contributed by atoms with Crippen molar-refractivity contribution in [1.82, 2.24) is 0 Å². The summed E-state index contributed by atoms with van der Waals surface area (Å²) in [6, 6.07) is 18.0. The smallest absolute Gasteiger partial charge is 0.434 e. The van der Waals surface area contributed by atoms with Crippen LogP contribution in [0.1, 0.15) is 18.1 Å². The first-order chi connectivity index (χ1) is 10.8. The van der Waals surface area contributed by atoms with Crippen molar-refractivity contribution >= 4 is 23.3 Å². The van der Waals surface area contributed by atoms with E-state index in [0.717, 1.165) is 0 Å². The van der Waals surface area contributed by atoms with Gasteiger partial charge in [-0.25, -0.2) is 9.59 Å². The first-order valence-electron chi connectivity index (χ1n) is 6.88. The van der Waals surface area contributed by atoms with Gasteiger partial charge in [0, 0.05) is 5.56 Å². The quantitative estimate of drug-likeness (QED) is 0.640. The Kier molecular flexibility index (Phi) is 5.41. The number of hydrogen-bond acceptors (Lipinski definition) is 3. The predicted octanol–water partition coefficient (Wildman–Crippen LogP) is 3.55. The summed E-state index contributed by atoms with van der Waals surface area (Å²) in [5, 5.41) is 0. The highest BCUT2D eigenvalue weighted by Gasteiger charge is 2.15. The molecule has 2 aromatic rings. The number of amides is 1. The predicted molar refractivity (Wildman–Crippen MR) is 85.5 cm³/mol. The molecule has 0 heterocycles. The number of allylic oxidation sites excluding steroid dienone is 1. The lowest BCUT2D eigenvalue weighted by Crippen LogP contribution is -2.10. The molecule has 0 atom stereocenters. The monoisotopic (exact) mass is 293 g/mol. The van der Waals surface area contributed by atoms with Crippen LogP contribution >= 0.6 is 0 Å². The lowest BCUT2D eigenvalue weighted by atomic mass is 9.97. The summed E-state index contributed by atoms with van der Waals surface area (Å²) in [4.78, 5) is 27.1. The first kappa shape index (κ1) is 15.4. The van der Waals surface area contributed by atoms with Gasteiger partial charge in [0.15, 0.2) is 0 Å². The number of carbonyl (C=O) groups excluding carboxylic acids is 2. The lowest BCUT2D eigenvalue weighted by Gasteiger charge is -2.08. The minimum Gasteiger partial charge on any atom is -0.448 e. The molecule has 4 nitrogen and oxygen atoms in total. The van der Waals surface area contributed by atoms with E-state index in [-0.39, 0.29) is 17.9 Å². The molecule has 2 rings (SSSR count). The number of carbonyl (C=O) groups is 1. The van der Waals surface area contributed by atoms with Crippen molar-refractivity contribution in [2.24, 2.45) is 4.99 Å². The van der Waals surface area contributed by atoms with Gasteiger partial charge in [0.2, 0.25) is 0 Å². The van der Waals surface area contributed by atoms with Crippen LogP contribution in [-0.4, -0.2) is 24.4 Å². The summed E-state index contributed by atoms with van der Waals surface area (Å²) < 4.78 is 4.85. The zero-order chi connectivity index (χ0) is 15.8. The number of nitrogens with zero attached hydrogens (tertiary/aromatic N) is 1. The summed E-state index contributed by atoms with van der Waals surface area (Å²) in [5.74, 6) is 1.89. The minimum absolute atomic E-state index is 0.218. The molecule has 0 saturated carbocycles. The van der Waals surface area contributed by atoms with Gasteiger partial charge in [-0.3, -0.25) is 0 Å². The van der Waals surface area contributed by atoms with E-state index >= 15 is 0 Å². The van der Waals surface area contributed by atoms with Crippen molar-refractivity contribution in [3.63, 3.8) is 0 Å². The van der Waals surface area contributed by atoms with Gasteiger partial charge in [0.1, 0.15) is 5.94 Å². The molecule has 0 spiro atoms. The molecule has 0 fully saturated rings. The summed E-state index contributed by atoms with van der Waals surface area (Å²) >= 11 is 0. The average molecular weight is 293 g/mol. The SMILES string of the molecule is CCOC(=O)/N=C(\C(=C=O)c1ccccc1)c1ccccc1. The van der Waals surface area contributed by atoms with E-state index in [1.54, 1.807) is 43.3 Å². The third-order valence-corrected chi connectivity index (χ3v) is 2.92. The van der Waals surface area contributed by atoms with Crippen LogP contribution in [0.15, 0.2) is 65.7 Å². The standard InChI is InChI=1S/C18H15NO3/c1-2-22-18(21)19-17(15-11-7-4-8-12-15)16(13-20)14-9-5-3-6-10-14/h3-12H,2H2,1H3/b19-17-. The van der Waals surface area contributed by atoms with E-state index in [2.05, 4.69) is 4.99 Å². The number of ether oxygens (including phenoxy) is 1. The highest BCUT2D eigenvalue weighted by Crippen LogP contribution is 2.18. The third-order valence-electron chi connectivity index (χ3n) is 2.92. The second-order valence-electron chi connectivity index (χ2n) is 4.37. The van der Waals surface area contributed by atoms with Gasteiger partial charge < -0.3 is 4.74 Å². The van der Waals surface area contributed by atoms with Crippen LogP contribution < -0.4 is 0 Å². The van der Waals surface area contributed by atoms with E-state index in [1.807, 2.05) is 30.2 Å². The van der Waals surface area contributed by atoms with Gasteiger partial charge in [-0.2, -0.15) is 4.99 Å². The van der Waals surface area contributed by atoms with Crippen LogP contribution in [0.4, 0.5) is 4.79 Å². The zero-order valence-electron chi connectivity index (χ0n) is 12.2. The van der Waals surface area contributed by atoms with Crippen LogP contribution in [0.25, 0.3) is 5.57 Å². The van der Waals surface area contributed by atoms with Crippen LogP contribution in [0.5, 0.6) is 0 Å². The van der Waals surface area contributed by atoms with Gasteiger partial charge in [0.05, 0.1) is 17.9 Å². The van der Waals surface area contributed by atoms with E-state index < -0.39 is 6.09 Å². The Balaban J connectivity index is 2.53. The molecule has 2 aromatic carbocycles. The molecule has 0 aromatic heterocycles. The Morgan fingerprint density at radius 2 is 1.55 bits per heavy atom. The van der Waals surface area contributed by atoms with Crippen molar-refractivity contribution in [2.45, 2.75) is 6.92 Å². The number of benzene rings is 2. The molecule has 1 amide bonds. The Bertz CT molecular complexity index is 715. The largest absolute Gasteiger partial charge is 0.448 e. The Hall–Kier alpha value is -2.97. The normalized spacial score (nSPS) is 10.7. The molecule has 0 aliphatic rings. The van der Waals surface area contributed by atoms with E-state index in [0.29, 0.717) is 11.1 Å². The molecule has 0 saturated heterocycles. The maximum atomic E-state index is 11.7. The minimum atomic E-state index is -0.731. The van der Waals surface area contributed by atoms with Crippen LogP contribution in [-0.2, 0) is 9.53 Å². The average Bonchev–Trinajstić information content (AvgIpc) is 2.57. The Labute approximate surface area is 128 Å². The molecular formula is C18H15NO3. The second-order valence-corrected chi connectivity index (χ2v) is 4.37. The number of rotatable bonds is 4. The van der Waals surface area contributed by atoms with Crippen molar-refractivity contribution < 1.29 is 14.3 Å². The summed E-state index contributed by atoms with van der Waals surface area (Å²) in [7, 11) is 0. The fourth-order valence-corrected chi connectivity index (χ4v) is 1.96. The topological polar surface area (TPSA) is 55.7 Å². The van der Waals surface area contributed by atoms with Gasteiger partial charge in [-0.05, 0) is 12.5 Å². The van der Waals surface area contributed by atoms with Gasteiger partial charge >= 0.3 is 6.09 Å². The molecule has 0 bridgehead atoms. The third kappa shape index (κ3) is 3.78. The molecule has 4 heteroatoms. The van der Waals surface area contributed by atoms with E-state index in [1.165, 1.54) is 0 Å². The molecule has 110 valence electrons. The highest BCUT2D eigenvalue weighted by atomic mass is 16.5. The summed E-state index contributed by atoms with van der Waals surface area (Å²) in [6.45, 7) is 1.92. The second kappa shape index (κ2) is 7.72. The molecule has 0 unspecified atom stereocenters. The fourth-order valence-electron chi connectivity index (χ4n) is 1.96. The number of aliphatic imine (C=N–C) groups is 1. The van der Waals surface area contributed by atoms with Crippen molar-refractivity contribution in [3.05, 3.63) is 71.8 Å². The molecule has 22 heavy (non-hydrogen) atoms. The fraction of sp³-hybridized carbons (Fsp3) is 0.111. The van der Waals surface area contributed by atoms with Crippen LogP contribution in [0, 0.1) is 0 Å². The summed E-state index contributed by atoms with van der Waals surface area (Å²) in [6.07, 6.45) is -0.731. The lowest BCUT2D eigenvalue weighted by molar-refractivity contribution is 0.163. The molecule has 0 radical (unpaired) electrons. The highest BCUT2D eigenvalue weighted by molar-refractivity contribution is 6.38. The Morgan fingerprint density at radius 1 is 1.00 bits per heavy atom. The van der Waals surface area contributed by atoms with Gasteiger partial charge in [0.25, 0.3) is 0 Å². The van der Waals surface area contributed by atoms with Crippen LogP contribution in [0.3, 0.4) is 0 Å². The number of hydrogen-bond donors (Lipinski definition) is 0. The van der Waals surface area contributed by atoms with Crippen molar-refractivity contribution in [3.8, 4) is 0 Å². The molecule has 0 N–H and O–H groups in total. The van der Waals surface area contributed by atoms with Crippen LogP contribution in [0.2, 0.25) is 0 Å². The van der Waals surface area contributed by atoms with Gasteiger partial charge in [-0.1, -0.05) is 60.7 Å². The van der Waals surface area contributed by atoms with Crippen molar-refractivity contribution in [2.75, 3.05) is 6.61 Å². The maximum absolute atomic E-state index is 11.7.